The summed E-state index contributed by atoms with van der Waals surface area (Å²) in [7, 11) is 3.32. The number of rotatable bonds is 16. The molecule has 0 heterocycles. The van der Waals surface area contributed by atoms with E-state index in [1.54, 1.807) is 14.1 Å². The molecule has 3 N–H and O–H groups in total. The lowest BCUT2D eigenvalue weighted by Gasteiger charge is -2.41. The molecule has 2 aromatic rings. The quantitative estimate of drug-likeness (QED) is 0.236. The van der Waals surface area contributed by atoms with Crippen LogP contribution in [0.4, 0.5) is 0 Å². The highest BCUT2D eigenvalue weighted by molar-refractivity contribution is 5.90. The van der Waals surface area contributed by atoms with Crippen molar-refractivity contribution in [1.29, 1.82) is 0 Å². The average molecular weight is 622 g/mol. The van der Waals surface area contributed by atoms with Gasteiger partial charge in [0.25, 0.3) is 0 Å². The number of nitrogens with one attached hydrogen (secondary N) is 1. The zero-order valence-electron chi connectivity index (χ0n) is 27.8. The summed E-state index contributed by atoms with van der Waals surface area (Å²) in [4.78, 5) is 44.2. The molecule has 0 aromatic heterocycles. The molecule has 45 heavy (non-hydrogen) atoms. The molecule has 4 atom stereocenters. The monoisotopic (exact) mass is 621 g/mol. The van der Waals surface area contributed by atoms with Gasteiger partial charge in [-0.2, -0.15) is 0 Å². The number of aliphatic hydroxyl groups is 2. The Morgan fingerprint density at radius 2 is 1.56 bits per heavy atom. The van der Waals surface area contributed by atoms with E-state index in [-0.39, 0.29) is 36.6 Å². The molecule has 2 fully saturated rings. The number of carbonyl (C=O) groups excluding carboxylic acids is 3. The predicted octanol–water partition coefficient (Wildman–Crippen LogP) is 5.29. The van der Waals surface area contributed by atoms with Gasteiger partial charge in [0.15, 0.2) is 0 Å². The molecule has 0 bridgehead atoms. The first-order valence-electron chi connectivity index (χ1n) is 17.1. The Hall–Kier alpha value is -2.97. The average Bonchev–Trinajstić information content (AvgIpc) is 3.84. The SMILES string of the molecule is CC(C)C[C@H](O)[C@H](O)[C@H](CC1CCCCC1)N(CC(=O)N(C)C)C(=O)[C@@H](CC(=O)NCc1cccc2ccccc12)CC1CC1. The zero-order chi connectivity index (χ0) is 32.5. The van der Waals surface area contributed by atoms with Gasteiger partial charge in [0.05, 0.1) is 12.1 Å². The Morgan fingerprint density at radius 1 is 0.889 bits per heavy atom. The van der Waals surface area contributed by atoms with Crippen LogP contribution in [-0.2, 0) is 20.9 Å². The molecule has 0 spiro atoms. The van der Waals surface area contributed by atoms with Crippen LogP contribution in [0.25, 0.3) is 10.8 Å². The minimum atomic E-state index is -1.19. The summed E-state index contributed by atoms with van der Waals surface area (Å²) in [6, 6.07) is 13.4. The molecule has 8 nitrogen and oxygen atoms in total. The maximum atomic E-state index is 14.6. The molecule has 2 aromatic carbocycles. The van der Waals surface area contributed by atoms with Crippen LogP contribution in [0.5, 0.6) is 0 Å². The molecular formula is C37H55N3O5. The van der Waals surface area contributed by atoms with E-state index in [2.05, 4.69) is 5.32 Å². The van der Waals surface area contributed by atoms with E-state index in [1.165, 1.54) is 16.2 Å². The van der Waals surface area contributed by atoms with Gasteiger partial charge in [-0.1, -0.05) is 101 Å². The van der Waals surface area contributed by atoms with Gasteiger partial charge >= 0.3 is 0 Å². The summed E-state index contributed by atoms with van der Waals surface area (Å²) in [6.07, 6.45) is 6.79. The number of fused-ring (bicyclic) bond motifs is 1. The predicted molar refractivity (Wildman–Crippen MR) is 178 cm³/mol. The molecule has 0 aliphatic heterocycles. The highest BCUT2D eigenvalue weighted by atomic mass is 16.3. The number of benzene rings is 2. The van der Waals surface area contributed by atoms with Crippen LogP contribution >= 0.6 is 0 Å². The Labute approximate surface area is 269 Å². The molecule has 4 rings (SSSR count). The van der Waals surface area contributed by atoms with Gasteiger partial charge in [-0.3, -0.25) is 14.4 Å². The highest BCUT2D eigenvalue weighted by Crippen LogP contribution is 2.38. The minimum absolute atomic E-state index is 0.0214. The maximum absolute atomic E-state index is 14.6. The van der Waals surface area contributed by atoms with Crippen LogP contribution in [-0.4, -0.2) is 76.6 Å². The summed E-state index contributed by atoms with van der Waals surface area (Å²) in [5, 5.41) is 28.0. The lowest BCUT2D eigenvalue weighted by atomic mass is 9.81. The van der Waals surface area contributed by atoms with E-state index in [0.717, 1.165) is 54.9 Å². The molecule has 2 saturated carbocycles. The van der Waals surface area contributed by atoms with Crippen molar-refractivity contribution in [3.63, 3.8) is 0 Å². The van der Waals surface area contributed by atoms with E-state index >= 15 is 0 Å². The molecule has 0 unspecified atom stereocenters. The van der Waals surface area contributed by atoms with Gasteiger partial charge in [-0.15, -0.1) is 0 Å². The Morgan fingerprint density at radius 3 is 2.22 bits per heavy atom. The molecule has 8 heteroatoms. The fourth-order valence-electron chi connectivity index (χ4n) is 6.94. The van der Waals surface area contributed by atoms with Crippen molar-refractivity contribution < 1.29 is 24.6 Å². The summed E-state index contributed by atoms with van der Waals surface area (Å²) < 4.78 is 0. The zero-order valence-corrected chi connectivity index (χ0v) is 27.8. The maximum Gasteiger partial charge on any atom is 0.241 e. The number of nitrogens with zero attached hydrogens (tertiary/aromatic N) is 2. The Bertz CT molecular complexity index is 1260. The van der Waals surface area contributed by atoms with Crippen LogP contribution in [0.1, 0.15) is 90.0 Å². The summed E-state index contributed by atoms with van der Waals surface area (Å²) in [5.74, 6) is -0.481. The van der Waals surface area contributed by atoms with Crippen LogP contribution in [0, 0.1) is 23.7 Å². The standard InChI is InChI=1S/C37H55N3O5/c1-25(2)19-33(41)36(44)32(21-26-11-6-5-7-12-26)40(24-35(43)39(3)4)37(45)30(20-27-17-18-27)22-34(42)38-23-29-15-10-14-28-13-8-9-16-31(28)29/h8-10,13-16,25-27,30,32-33,36,41,44H,5-7,11-12,17-24H2,1-4H3,(H,38,42)/t30-,32+,33+,36-/m1/s1. The topological polar surface area (TPSA) is 110 Å². The van der Waals surface area contributed by atoms with E-state index in [4.69, 9.17) is 0 Å². The van der Waals surface area contributed by atoms with Crippen LogP contribution < -0.4 is 5.32 Å². The normalized spacial score (nSPS) is 18.3. The van der Waals surface area contributed by atoms with Gasteiger partial charge < -0.3 is 25.3 Å². The second kappa shape index (κ2) is 16.5. The molecule has 3 amide bonds. The first-order chi connectivity index (χ1) is 21.5. The third-order valence-corrected chi connectivity index (χ3v) is 9.74. The highest BCUT2D eigenvalue weighted by Gasteiger charge is 2.41. The van der Waals surface area contributed by atoms with Crippen molar-refractivity contribution in [3.8, 4) is 0 Å². The van der Waals surface area contributed by atoms with Crippen LogP contribution in [0.3, 0.4) is 0 Å². The van der Waals surface area contributed by atoms with E-state index < -0.39 is 24.2 Å². The summed E-state index contributed by atoms with van der Waals surface area (Å²) in [6.45, 7) is 4.16. The smallest absolute Gasteiger partial charge is 0.241 e. The largest absolute Gasteiger partial charge is 0.390 e. The number of likely N-dealkylation sites (N-methyl/N-ethyl adjacent to an activating group) is 1. The van der Waals surface area contributed by atoms with Gasteiger partial charge in [-0.25, -0.2) is 0 Å². The van der Waals surface area contributed by atoms with E-state index in [9.17, 15) is 24.6 Å². The van der Waals surface area contributed by atoms with Crippen LogP contribution in [0.2, 0.25) is 0 Å². The first kappa shape index (κ1) is 34.9. The van der Waals surface area contributed by atoms with Gasteiger partial charge in [0.2, 0.25) is 17.7 Å². The van der Waals surface area contributed by atoms with Crippen LogP contribution in [0.15, 0.2) is 42.5 Å². The number of hydrogen-bond donors (Lipinski definition) is 3. The summed E-state index contributed by atoms with van der Waals surface area (Å²) >= 11 is 0. The Kier molecular flexibility index (Phi) is 12.8. The van der Waals surface area contributed by atoms with Crippen molar-refractivity contribution in [3.05, 3.63) is 48.0 Å². The molecular weight excluding hydrogens is 566 g/mol. The number of amides is 3. The third kappa shape index (κ3) is 10.3. The van der Waals surface area contributed by atoms with Gasteiger partial charge in [0.1, 0.15) is 12.6 Å². The Balaban J connectivity index is 1.57. The number of hydrogen-bond acceptors (Lipinski definition) is 5. The minimum Gasteiger partial charge on any atom is -0.390 e. The fourth-order valence-corrected chi connectivity index (χ4v) is 6.94. The van der Waals surface area contributed by atoms with Gasteiger partial charge in [0, 0.05) is 33.0 Å². The lowest BCUT2D eigenvalue weighted by molar-refractivity contribution is -0.151. The first-order valence-corrected chi connectivity index (χ1v) is 17.1. The van der Waals surface area contributed by atoms with E-state index in [1.807, 2.05) is 56.3 Å². The second-order valence-corrected chi connectivity index (χ2v) is 14.2. The van der Waals surface area contributed by atoms with Crippen molar-refractivity contribution in [1.82, 2.24) is 15.1 Å². The van der Waals surface area contributed by atoms with Crippen molar-refractivity contribution in [2.75, 3.05) is 20.6 Å². The van der Waals surface area contributed by atoms with E-state index in [0.29, 0.717) is 37.6 Å². The molecule has 0 saturated heterocycles. The fraction of sp³-hybridized carbons (Fsp3) is 0.649. The van der Waals surface area contributed by atoms with Gasteiger partial charge in [-0.05, 0) is 53.4 Å². The van der Waals surface area contributed by atoms with Crippen molar-refractivity contribution in [2.45, 2.75) is 109 Å². The second-order valence-electron chi connectivity index (χ2n) is 14.2. The van der Waals surface area contributed by atoms with Crippen molar-refractivity contribution >= 4 is 28.5 Å². The third-order valence-electron chi connectivity index (χ3n) is 9.74. The van der Waals surface area contributed by atoms with Crippen molar-refractivity contribution in [2.24, 2.45) is 23.7 Å². The number of aliphatic hydroxyl groups excluding tert-OH is 2. The number of carbonyl (C=O) groups is 3. The lowest BCUT2D eigenvalue weighted by Crippen LogP contribution is -2.56. The molecule has 0 radical (unpaired) electrons. The molecule has 2 aliphatic rings. The molecule has 2 aliphatic carbocycles. The summed E-state index contributed by atoms with van der Waals surface area (Å²) in [5.41, 5.74) is 1.01. The molecule has 248 valence electrons.